The third kappa shape index (κ3) is 3.59. The first kappa shape index (κ1) is 19.5. The molecule has 3 aromatic carbocycles. The summed E-state index contributed by atoms with van der Waals surface area (Å²) in [6, 6.07) is 20.7. The fourth-order valence-corrected chi connectivity index (χ4v) is 3.56. The third-order valence-corrected chi connectivity index (χ3v) is 5.05. The molecule has 30 heavy (non-hydrogen) atoms. The number of methoxy groups -OCH3 is 3. The van der Waals surface area contributed by atoms with Crippen molar-refractivity contribution in [3.8, 4) is 17.2 Å². The molecule has 0 aromatic heterocycles. The van der Waals surface area contributed by atoms with Gasteiger partial charge in [0.15, 0.2) is 11.5 Å². The first-order chi connectivity index (χ1) is 14.6. The van der Waals surface area contributed by atoms with Gasteiger partial charge in [0, 0.05) is 11.8 Å². The zero-order valence-corrected chi connectivity index (χ0v) is 17.0. The van der Waals surface area contributed by atoms with E-state index in [-0.39, 0.29) is 5.91 Å². The lowest BCUT2D eigenvalue weighted by atomic mass is 9.90. The summed E-state index contributed by atoms with van der Waals surface area (Å²) in [6.07, 6.45) is 0. The van der Waals surface area contributed by atoms with Crippen molar-refractivity contribution in [1.29, 1.82) is 0 Å². The number of aliphatic imine (C=N–C) groups is 1. The van der Waals surface area contributed by atoms with Gasteiger partial charge >= 0.3 is 0 Å². The zero-order chi connectivity index (χ0) is 21.1. The molecule has 3 aromatic rings. The standard InChI is InChI=1S/C24H22N2O4/c1-28-17-11-9-16(10-12-17)25-23(15-7-5-4-6-8-15)22-18-13-20(29-2)21(30-3)14-19(18)26-24(22)27/h4-14,22H,1-3H3,(H,26,27). The van der Waals surface area contributed by atoms with Crippen molar-refractivity contribution >= 4 is 23.0 Å². The smallest absolute Gasteiger partial charge is 0.238 e. The van der Waals surface area contributed by atoms with Gasteiger partial charge in [0.05, 0.1) is 32.7 Å². The molecule has 1 unspecified atom stereocenters. The Hall–Kier alpha value is -3.80. The van der Waals surface area contributed by atoms with Crippen LogP contribution >= 0.6 is 0 Å². The predicted octanol–water partition coefficient (Wildman–Crippen LogP) is 4.57. The Kier molecular flexibility index (Phi) is 5.39. The maximum absolute atomic E-state index is 13.0. The van der Waals surface area contributed by atoms with Gasteiger partial charge in [-0.15, -0.1) is 0 Å². The van der Waals surface area contributed by atoms with E-state index >= 15 is 0 Å². The molecule has 0 aliphatic carbocycles. The van der Waals surface area contributed by atoms with Crippen LogP contribution in [0.1, 0.15) is 17.0 Å². The lowest BCUT2D eigenvalue weighted by Crippen LogP contribution is -2.22. The van der Waals surface area contributed by atoms with E-state index in [1.165, 1.54) is 0 Å². The molecule has 0 spiro atoms. The minimum atomic E-state index is -0.579. The molecule has 1 aliphatic rings. The average Bonchev–Trinajstić information content (AvgIpc) is 3.11. The van der Waals surface area contributed by atoms with Crippen LogP contribution < -0.4 is 19.5 Å². The van der Waals surface area contributed by atoms with Gasteiger partial charge < -0.3 is 19.5 Å². The van der Waals surface area contributed by atoms with Crippen molar-refractivity contribution in [1.82, 2.24) is 0 Å². The summed E-state index contributed by atoms with van der Waals surface area (Å²) < 4.78 is 16.1. The van der Waals surface area contributed by atoms with Crippen LogP contribution in [0.2, 0.25) is 0 Å². The molecular formula is C24H22N2O4. The largest absolute Gasteiger partial charge is 0.497 e. The molecular weight excluding hydrogens is 380 g/mol. The van der Waals surface area contributed by atoms with Crippen LogP contribution in [0.5, 0.6) is 17.2 Å². The maximum Gasteiger partial charge on any atom is 0.238 e. The minimum absolute atomic E-state index is 0.142. The average molecular weight is 402 g/mol. The van der Waals surface area contributed by atoms with E-state index in [0.717, 1.165) is 22.6 Å². The van der Waals surface area contributed by atoms with E-state index in [1.54, 1.807) is 27.4 Å². The van der Waals surface area contributed by atoms with Gasteiger partial charge in [-0.3, -0.25) is 9.79 Å². The van der Waals surface area contributed by atoms with E-state index in [2.05, 4.69) is 5.32 Å². The first-order valence-corrected chi connectivity index (χ1v) is 9.49. The van der Waals surface area contributed by atoms with E-state index in [1.807, 2.05) is 60.7 Å². The van der Waals surface area contributed by atoms with Crippen LogP contribution in [0, 0.1) is 0 Å². The van der Waals surface area contributed by atoms with Gasteiger partial charge in [-0.25, -0.2) is 0 Å². The molecule has 1 heterocycles. The molecule has 0 bridgehead atoms. The molecule has 1 N–H and O–H groups in total. The lowest BCUT2D eigenvalue weighted by molar-refractivity contribution is -0.115. The number of carbonyl (C=O) groups is 1. The highest BCUT2D eigenvalue weighted by Gasteiger charge is 2.36. The predicted molar refractivity (Wildman–Crippen MR) is 117 cm³/mol. The Balaban J connectivity index is 1.86. The Labute approximate surface area is 175 Å². The summed E-state index contributed by atoms with van der Waals surface area (Å²) in [5.74, 6) is 1.15. The molecule has 0 saturated heterocycles. The van der Waals surface area contributed by atoms with Crippen LogP contribution in [0.3, 0.4) is 0 Å². The molecule has 6 nitrogen and oxygen atoms in total. The number of fused-ring (bicyclic) bond motifs is 1. The third-order valence-electron chi connectivity index (χ3n) is 5.05. The fraction of sp³-hybridized carbons (Fsp3) is 0.167. The highest BCUT2D eigenvalue weighted by Crippen LogP contribution is 2.42. The summed E-state index contributed by atoms with van der Waals surface area (Å²) in [4.78, 5) is 17.9. The molecule has 1 atom stereocenters. The normalized spacial score (nSPS) is 15.4. The molecule has 1 aliphatic heterocycles. The van der Waals surface area contributed by atoms with Crippen LogP contribution in [0.4, 0.5) is 11.4 Å². The topological polar surface area (TPSA) is 69.2 Å². The van der Waals surface area contributed by atoms with Gasteiger partial charge in [0.25, 0.3) is 0 Å². The SMILES string of the molecule is COc1ccc(N=C(c2ccccc2)C2C(=O)Nc3cc(OC)c(OC)cc32)cc1. The van der Waals surface area contributed by atoms with Gasteiger partial charge in [-0.1, -0.05) is 30.3 Å². The number of hydrogen-bond acceptors (Lipinski definition) is 5. The Morgan fingerprint density at radius 3 is 2.17 bits per heavy atom. The first-order valence-electron chi connectivity index (χ1n) is 9.49. The number of carbonyl (C=O) groups excluding carboxylic acids is 1. The van der Waals surface area contributed by atoms with Crippen LogP contribution in [0.15, 0.2) is 71.7 Å². The lowest BCUT2D eigenvalue weighted by Gasteiger charge is -2.15. The Morgan fingerprint density at radius 2 is 1.53 bits per heavy atom. The summed E-state index contributed by atoms with van der Waals surface area (Å²) in [6.45, 7) is 0. The van der Waals surface area contributed by atoms with Crippen molar-refractivity contribution in [3.05, 3.63) is 77.9 Å². The fourth-order valence-electron chi connectivity index (χ4n) is 3.56. The highest BCUT2D eigenvalue weighted by molar-refractivity contribution is 6.24. The van der Waals surface area contributed by atoms with E-state index < -0.39 is 5.92 Å². The molecule has 1 amide bonds. The number of rotatable bonds is 6. The number of hydrogen-bond donors (Lipinski definition) is 1. The van der Waals surface area contributed by atoms with Gasteiger partial charge in [0.1, 0.15) is 11.7 Å². The molecule has 6 heteroatoms. The van der Waals surface area contributed by atoms with Crippen molar-refractivity contribution < 1.29 is 19.0 Å². The Bertz CT molecular complexity index is 1090. The number of benzene rings is 3. The number of ether oxygens (including phenoxy) is 3. The van der Waals surface area contributed by atoms with Crippen LogP contribution in [-0.4, -0.2) is 32.9 Å². The van der Waals surface area contributed by atoms with Crippen molar-refractivity contribution in [2.45, 2.75) is 5.92 Å². The van der Waals surface area contributed by atoms with E-state index in [4.69, 9.17) is 19.2 Å². The van der Waals surface area contributed by atoms with E-state index in [0.29, 0.717) is 22.9 Å². The Morgan fingerprint density at radius 1 is 0.867 bits per heavy atom. The van der Waals surface area contributed by atoms with Crippen molar-refractivity contribution in [2.24, 2.45) is 4.99 Å². The molecule has 0 radical (unpaired) electrons. The maximum atomic E-state index is 13.0. The molecule has 4 rings (SSSR count). The monoisotopic (exact) mass is 402 g/mol. The van der Waals surface area contributed by atoms with Crippen LogP contribution in [-0.2, 0) is 4.79 Å². The summed E-state index contributed by atoms with van der Waals surface area (Å²) >= 11 is 0. The number of amides is 1. The van der Waals surface area contributed by atoms with Crippen LogP contribution in [0.25, 0.3) is 0 Å². The second-order valence-electron chi connectivity index (χ2n) is 6.78. The summed E-state index contributed by atoms with van der Waals surface area (Å²) in [5.41, 5.74) is 3.76. The van der Waals surface area contributed by atoms with E-state index in [9.17, 15) is 4.79 Å². The quantitative estimate of drug-likeness (QED) is 0.613. The summed E-state index contributed by atoms with van der Waals surface area (Å²) in [5, 5.41) is 2.95. The van der Waals surface area contributed by atoms with Gasteiger partial charge in [-0.05, 0) is 41.5 Å². The summed E-state index contributed by atoms with van der Waals surface area (Å²) in [7, 11) is 4.77. The number of anilines is 1. The van der Waals surface area contributed by atoms with Crippen molar-refractivity contribution in [3.63, 3.8) is 0 Å². The molecule has 0 saturated carbocycles. The molecule has 152 valence electrons. The minimum Gasteiger partial charge on any atom is -0.497 e. The second kappa shape index (κ2) is 8.29. The number of nitrogens with one attached hydrogen (secondary N) is 1. The number of nitrogens with zero attached hydrogens (tertiary/aromatic N) is 1. The second-order valence-corrected chi connectivity index (χ2v) is 6.78. The zero-order valence-electron chi connectivity index (χ0n) is 17.0. The van der Waals surface area contributed by atoms with Gasteiger partial charge in [0.2, 0.25) is 5.91 Å². The molecule has 0 fully saturated rings. The van der Waals surface area contributed by atoms with Crippen molar-refractivity contribution in [2.75, 3.05) is 26.6 Å². The van der Waals surface area contributed by atoms with Gasteiger partial charge in [-0.2, -0.15) is 0 Å². The highest BCUT2D eigenvalue weighted by atomic mass is 16.5.